The average Bonchev–Trinajstić information content (AvgIpc) is 1.99. The Bertz CT molecular complexity index is 283. The molecular formula is C6H3ClF2NO2-. The molecule has 0 atom stereocenters. The summed E-state index contributed by atoms with van der Waals surface area (Å²) < 4.78 is 24.9. The molecule has 0 saturated heterocycles. The van der Waals surface area contributed by atoms with Crippen molar-refractivity contribution in [3.8, 4) is 0 Å². The predicted molar refractivity (Wildman–Crippen MR) is 39.0 cm³/mol. The monoisotopic (exact) mass is 194 g/mol. The molecule has 0 fully saturated rings. The zero-order valence-corrected chi connectivity index (χ0v) is 6.35. The van der Waals surface area contributed by atoms with Crippen molar-refractivity contribution in [3.63, 3.8) is 0 Å². The molecular weight excluding hydrogens is 192 g/mol. The van der Waals surface area contributed by atoms with Crippen LogP contribution in [0.3, 0.4) is 0 Å². The zero-order chi connectivity index (χ0) is 9.30. The summed E-state index contributed by atoms with van der Waals surface area (Å²) in [5.41, 5.74) is -0.459. The smallest absolute Gasteiger partial charge is 0.177 e. The van der Waals surface area contributed by atoms with Crippen LogP contribution in [0.4, 0.5) is 14.5 Å². The van der Waals surface area contributed by atoms with Crippen LogP contribution in [0.5, 0.6) is 0 Å². The van der Waals surface area contributed by atoms with E-state index >= 15 is 0 Å². The summed E-state index contributed by atoms with van der Waals surface area (Å²) in [5.74, 6) is -2.53. The van der Waals surface area contributed by atoms with Gasteiger partial charge in [-0.3, -0.25) is 5.21 Å². The van der Waals surface area contributed by atoms with Gasteiger partial charge in [-0.15, -0.1) is 0 Å². The van der Waals surface area contributed by atoms with Gasteiger partial charge in [0.25, 0.3) is 0 Å². The van der Waals surface area contributed by atoms with Crippen LogP contribution in [0, 0.1) is 16.8 Å². The van der Waals surface area contributed by atoms with Crippen LogP contribution >= 0.6 is 11.6 Å². The standard InChI is InChI=1S/C6H3ClF2NO2/c7-4-1-3(10(11)12)2-5(8)6(4)9/h1-2,11H/q-1. The predicted octanol–water partition coefficient (Wildman–Crippen LogP) is 2.31. The zero-order valence-electron chi connectivity index (χ0n) is 5.59. The lowest BCUT2D eigenvalue weighted by Gasteiger charge is -2.21. The molecule has 0 bridgehead atoms. The molecule has 12 heavy (non-hydrogen) atoms. The fourth-order valence-corrected chi connectivity index (χ4v) is 0.855. The quantitative estimate of drug-likeness (QED) is 0.551. The lowest BCUT2D eigenvalue weighted by atomic mass is 10.3. The summed E-state index contributed by atoms with van der Waals surface area (Å²) in [7, 11) is 0. The molecule has 0 unspecified atom stereocenters. The third kappa shape index (κ3) is 1.63. The van der Waals surface area contributed by atoms with E-state index in [1.165, 1.54) is 0 Å². The fourth-order valence-electron chi connectivity index (χ4n) is 0.653. The van der Waals surface area contributed by atoms with Crippen molar-refractivity contribution in [1.82, 2.24) is 0 Å². The van der Waals surface area contributed by atoms with Crippen LogP contribution in [0.1, 0.15) is 0 Å². The second-order valence-corrected chi connectivity index (χ2v) is 2.40. The van der Waals surface area contributed by atoms with Gasteiger partial charge < -0.3 is 10.4 Å². The highest BCUT2D eigenvalue weighted by Gasteiger charge is 2.08. The van der Waals surface area contributed by atoms with E-state index in [-0.39, 0.29) is 0 Å². The van der Waals surface area contributed by atoms with Crippen molar-refractivity contribution in [2.45, 2.75) is 0 Å². The number of benzene rings is 1. The summed E-state index contributed by atoms with van der Waals surface area (Å²) in [4.78, 5) is 0. The number of nitrogens with zero attached hydrogens (tertiary/aromatic N) is 1. The van der Waals surface area contributed by atoms with Crippen LogP contribution in [0.25, 0.3) is 0 Å². The van der Waals surface area contributed by atoms with E-state index in [0.717, 1.165) is 6.07 Å². The number of rotatable bonds is 1. The summed E-state index contributed by atoms with van der Waals surface area (Å²) >= 11 is 5.17. The Labute approximate surface area is 71.3 Å². The van der Waals surface area contributed by atoms with Crippen molar-refractivity contribution in [2.75, 3.05) is 5.23 Å². The first-order valence-electron chi connectivity index (χ1n) is 2.83. The third-order valence-corrected chi connectivity index (χ3v) is 1.46. The van der Waals surface area contributed by atoms with E-state index in [4.69, 9.17) is 16.8 Å². The SMILES string of the molecule is [O-]N(O)c1cc(F)c(F)c(Cl)c1. The van der Waals surface area contributed by atoms with E-state index in [1.807, 2.05) is 0 Å². The second kappa shape index (κ2) is 3.22. The van der Waals surface area contributed by atoms with E-state index in [9.17, 15) is 14.0 Å². The first kappa shape index (κ1) is 9.18. The minimum atomic E-state index is -1.28. The van der Waals surface area contributed by atoms with Crippen LogP contribution in [0.2, 0.25) is 5.02 Å². The molecule has 66 valence electrons. The van der Waals surface area contributed by atoms with Crippen molar-refractivity contribution in [3.05, 3.63) is 34.0 Å². The van der Waals surface area contributed by atoms with Gasteiger partial charge in [-0.2, -0.15) is 0 Å². The number of hydrogen-bond acceptors (Lipinski definition) is 3. The molecule has 3 nitrogen and oxygen atoms in total. The Balaban J connectivity index is 3.21. The summed E-state index contributed by atoms with van der Waals surface area (Å²) in [6.07, 6.45) is 0. The summed E-state index contributed by atoms with van der Waals surface area (Å²) in [5, 5.41) is 17.3. The molecule has 0 saturated carbocycles. The van der Waals surface area contributed by atoms with Crippen molar-refractivity contribution < 1.29 is 14.0 Å². The van der Waals surface area contributed by atoms with Gasteiger partial charge in [-0.1, -0.05) is 11.6 Å². The van der Waals surface area contributed by atoms with E-state index in [2.05, 4.69) is 0 Å². The minimum Gasteiger partial charge on any atom is -0.733 e. The van der Waals surface area contributed by atoms with Gasteiger partial charge in [-0.25, -0.2) is 8.78 Å². The lowest BCUT2D eigenvalue weighted by Crippen LogP contribution is -2.07. The first-order chi connectivity index (χ1) is 5.52. The third-order valence-electron chi connectivity index (χ3n) is 1.19. The largest absolute Gasteiger partial charge is 0.733 e. The minimum absolute atomic E-state index is 0.459. The summed E-state index contributed by atoms with van der Waals surface area (Å²) in [6.45, 7) is 0. The number of anilines is 1. The molecule has 0 amide bonds. The van der Waals surface area contributed by atoms with Crippen LogP contribution in [-0.4, -0.2) is 5.21 Å². The second-order valence-electron chi connectivity index (χ2n) is 2.00. The maximum Gasteiger partial charge on any atom is 0.177 e. The highest BCUT2D eigenvalue weighted by molar-refractivity contribution is 6.31. The van der Waals surface area contributed by atoms with Crippen molar-refractivity contribution >= 4 is 17.3 Å². The maximum atomic E-state index is 12.5. The molecule has 1 N–H and O–H groups in total. The molecule has 1 rings (SSSR count). The van der Waals surface area contributed by atoms with Crippen molar-refractivity contribution in [2.24, 2.45) is 0 Å². The highest BCUT2D eigenvalue weighted by Crippen LogP contribution is 2.24. The van der Waals surface area contributed by atoms with Gasteiger partial charge in [0, 0.05) is 6.07 Å². The molecule has 0 aliphatic carbocycles. The normalized spacial score (nSPS) is 10.1. The average molecular weight is 195 g/mol. The Morgan fingerprint density at radius 2 is 2.00 bits per heavy atom. The first-order valence-corrected chi connectivity index (χ1v) is 3.21. The van der Waals surface area contributed by atoms with Gasteiger partial charge in [0.2, 0.25) is 0 Å². The molecule has 1 aromatic rings. The topological polar surface area (TPSA) is 46.5 Å². The van der Waals surface area contributed by atoms with E-state index < -0.39 is 27.6 Å². The van der Waals surface area contributed by atoms with E-state index in [1.54, 1.807) is 0 Å². The van der Waals surface area contributed by atoms with Crippen molar-refractivity contribution in [1.29, 1.82) is 0 Å². The van der Waals surface area contributed by atoms with Crippen LogP contribution < -0.4 is 5.23 Å². The lowest BCUT2D eigenvalue weighted by molar-refractivity contribution is 0.296. The highest BCUT2D eigenvalue weighted by atomic mass is 35.5. The Hall–Kier alpha value is -0.910. The van der Waals surface area contributed by atoms with Gasteiger partial charge in [0.15, 0.2) is 11.6 Å². The number of hydrogen-bond donors (Lipinski definition) is 1. The van der Waals surface area contributed by atoms with Crippen LogP contribution in [-0.2, 0) is 0 Å². The molecule has 6 heteroatoms. The Kier molecular flexibility index (Phi) is 2.46. The van der Waals surface area contributed by atoms with Gasteiger partial charge >= 0.3 is 0 Å². The van der Waals surface area contributed by atoms with Gasteiger partial charge in [0.05, 0.1) is 10.7 Å². The number of halogens is 3. The molecule has 0 aliphatic rings. The Morgan fingerprint density at radius 3 is 2.42 bits per heavy atom. The molecule has 0 radical (unpaired) electrons. The molecule has 0 aromatic heterocycles. The van der Waals surface area contributed by atoms with Gasteiger partial charge in [0.1, 0.15) is 0 Å². The Morgan fingerprint density at radius 1 is 1.42 bits per heavy atom. The molecule has 0 spiro atoms. The molecule has 0 heterocycles. The molecule has 1 aromatic carbocycles. The van der Waals surface area contributed by atoms with E-state index in [0.29, 0.717) is 6.07 Å². The fraction of sp³-hybridized carbons (Fsp3) is 0. The van der Waals surface area contributed by atoms with Gasteiger partial charge in [-0.05, 0) is 6.07 Å². The maximum absolute atomic E-state index is 12.5. The van der Waals surface area contributed by atoms with Crippen LogP contribution in [0.15, 0.2) is 12.1 Å². The molecule has 0 aliphatic heterocycles. The summed E-state index contributed by atoms with van der Waals surface area (Å²) in [6, 6.07) is 1.35.